The highest BCUT2D eigenvalue weighted by Gasteiger charge is 2.61. The molecule has 0 bridgehead atoms. The Bertz CT molecular complexity index is 497. The van der Waals surface area contributed by atoms with E-state index >= 15 is 0 Å². The van der Waals surface area contributed by atoms with E-state index in [2.05, 4.69) is 15.9 Å². The molecule has 0 heterocycles. The van der Waals surface area contributed by atoms with Crippen molar-refractivity contribution in [1.82, 2.24) is 0 Å². The van der Waals surface area contributed by atoms with Gasteiger partial charge in [-0.05, 0) is 34.1 Å². The summed E-state index contributed by atoms with van der Waals surface area (Å²) in [5, 5.41) is 1.38. The zero-order valence-corrected chi connectivity index (χ0v) is 10.8. The second kappa shape index (κ2) is 5.58. The third-order valence-corrected chi connectivity index (χ3v) is 2.75. The molecule has 0 aromatic heterocycles. The number of amides is 1. The molecule has 0 aliphatic carbocycles. The number of carbonyl (C=O) groups excluding carboxylic acids is 1. The number of anilines is 1. The zero-order valence-electron chi connectivity index (χ0n) is 9.24. The molecule has 1 aromatic rings. The van der Waals surface area contributed by atoms with Crippen LogP contribution in [-0.4, -0.2) is 18.3 Å². The van der Waals surface area contributed by atoms with Gasteiger partial charge in [-0.25, -0.2) is 4.39 Å². The molecular weight excluding hydrogens is 363 g/mol. The Hall–Kier alpha value is -1.32. The first-order chi connectivity index (χ1) is 8.93. The molecule has 0 fully saturated rings. The molecule has 0 unspecified atom stereocenters. The Morgan fingerprint density at radius 2 is 1.60 bits per heavy atom. The van der Waals surface area contributed by atoms with Gasteiger partial charge in [0.2, 0.25) is 11.8 Å². The highest BCUT2D eigenvalue weighted by molar-refractivity contribution is 9.10. The molecule has 1 aromatic carbocycles. The topological polar surface area (TPSA) is 29.1 Å². The summed E-state index contributed by atoms with van der Waals surface area (Å²) in [4.78, 5) is 11.1. The standard InChI is InChI=1S/C10H5BrF7NO/c11-5-2-1-4(3-6(5)12)19-8(20)7(9(13,14)15)10(16,17)18/h1-3,7H,(H,19,20). The molecule has 0 spiro atoms. The minimum atomic E-state index is -5.80. The smallest absolute Gasteiger partial charge is 0.325 e. The van der Waals surface area contributed by atoms with Crippen LogP contribution in [0.3, 0.4) is 0 Å². The number of halogens is 8. The highest BCUT2D eigenvalue weighted by Crippen LogP contribution is 2.39. The summed E-state index contributed by atoms with van der Waals surface area (Å²) in [5.74, 6) is -7.45. The van der Waals surface area contributed by atoms with E-state index in [4.69, 9.17) is 0 Å². The van der Waals surface area contributed by atoms with Crippen LogP contribution in [0, 0.1) is 11.7 Å². The number of hydrogen-bond acceptors (Lipinski definition) is 1. The van der Waals surface area contributed by atoms with Crippen LogP contribution in [0.1, 0.15) is 0 Å². The fraction of sp³-hybridized carbons (Fsp3) is 0.300. The van der Waals surface area contributed by atoms with Crippen LogP contribution < -0.4 is 5.32 Å². The average molecular weight is 368 g/mol. The van der Waals surface area contributed by atoms with Gasteiger partial charge in [0.1, 0.15) is 5.82 Å². The Morgan fingerprint density at radius 1 is 1.10 bits per heavy atom. The first-order valence-corrected chi connectivity index (χ1v) is 5.61. The van der Waals surface area contributed by atoms with E-state index in [0.29, 0.717) is 6.07 Å². The first kappa shape index (κ1) is 16.7. The van der Waals surface area contributed by atoms with Crippen molar-refractivity contribution < 1.29 is 35.5 Å². The van der Waals surface area contributed by atoms with Crippen LogP contribution in [0.5, 0.6) is 0 Å². The highest BCUT2D eigenvalue weighted by atomic mass is 79.9. The van der Waals surface area contributed by atoms with E-state index in [1.54, 1.807) is 0 Å². The lowest BCUT2D eigenvalue weighted by molar-refractivity contribution is -0.272. The SMILES string of the molecule is O=C(Nc1ccc(Br)c(F)c1)C(C(F)(F)F)C(F)(F)F. The van der Waals surface area contributed by atoms with Crippen LogP contribution in [-0.2, 0) is 4.79 Å². The molecule has 0 saturated heterocycles. The van der Waals surface area contributed by atoms with Gasteiger partial charge in [0, 0.05) is 5.69 Å². The van der Waals surface area contributed by atoms with Crippen molar-refractivity contribution in [1.29, 1.82) is 0 Å². The minimum absolute atomic E-state index is 0.0568. The van der Waals surface area contributed by atoms with E-state index < -0.39 is 35.7 Å². The lowest BCUT2D eigenvalue weighted by Gasteiger charge is -2.22. The summed E-state index contributed by atoms with van der Waals surface area (Å²) in [7, 11) is 0. The van der Waals surface area contributed by atoms with Crippen LogP contribution >= 0.6 is 15.9 Å². The van der Waals surface area contributed by atoms with E-state index in [1.807, 2.05) is 0 Å². The number of nitrogens with one attached hydrogen (secondary N) is 1. The largest absolute Gasteiger partial charge is 0.409 e. The second-order valence-electron chi connectivity index (χ2n) is 3.63. The number of hydrogen-bond donors (Lipinski definition) is 1. The van der Waals surface area contributed by atoms with Crippen molar-refractivity contribution in [3.63, 3.8) is 0 Å². The number of carbonyl (C=O) groups is 1. The number of rotatable bonds is 2. The lowest BCUT2D eigenvalue weighted by atomic mass is 10.1. The molecule has 20 heavy (non-hydrogen) atoms. The molecule has 112 valence electrons. The monoisotopic (exact) mass is 367 g/mol. The molecule has 1 rings (SSSR count). The minimum Gasteiger partial charge on any atom is -0.325 e. The van der Waals surface area contributed by atoms with Gasteiger partial charge in [-0.1, -0.05) is 0 Å². The van der Waals surface area contributed by atoms with Gasteiger partial charge in [0.05, 0.1) is 4.47 Å². The van der Waals surface area contributed by atoms with Crippen LogP contribution in [0.2, 0.25) is 0 Å². The van der Waals surface area contributed by atoms with Crippen molar-refractivity contribution in [2.75, 3.05) is 5.32 Å². The van der Waals surface area contributed by atoms with Crippen molar-refractivity contribution in [2.24, 2.45) is 5.92 Å². The van der Waals surface area contributed by atoms with Crippen molar-refractivity contribution in [2.45, 2.75) is 12.4 Å². The van der Waals surface area contributed by atoms with Gasteiger partial charge in [0.25, 0.3) is 0 Å². The number of benzene rings is 1. The summed E-state index contributed by atoms with van der Waals surface area (Å²) in [6, 6.07) is 2.57. The summed E-state index contributed by atoms with van der Waals surface area (Å²) >= 11 is 2.74. The van der Waals surface area contributed by atoms with Crippen LogP contribution in [0.4, 0.5) is 36.4 Å². The molecule has 10 heteroatoms. The van der Waals surface area contributed by atoms with Gasteiger partial charge in [-0.3, -0.25) is 4.79 Å². The Labute approximate surface area is 116 Å². The molecule has 0 saturated carbocycles. The Kier molecular flexibility index (Phi) is 4.67. The normalized spacial score (nSPS) is 12.7. The summed E-state index contributed by atoms with van der Waals surface area (Å²) in [6.45, 7) is 0. The Morgan fingerprint density at radius 3 is 2.00 bits per heavy atom. The van der Waals surface area contributed by atoms with Gasteiger partial charge in [0.15, 0.2) is 0 Å². The van der Waals surface area contributed by atoms with Crippen LogP contribution in [0.25, 0.3) is 0 Å². The van der Waals surface area contributed by atoms with Crippen LogP contribution in [0.15, 0.2) is 22.7 Å². The summed E-state index contributed by atoms with van der Waals surface area (Å²) < 4.78 is 86.5. The fourth-order valence-electron chi connectivity index (χ4n) is 1.27. The lowest BCUT2D eigenvalue weighted by Crippen LogP contribution is -2.45. The summed E-state index contributed by atoms with van der Waals surface area (Å²) in [5.41, 5.74) is -0.519. The number of alkyl halides is 6. The first-order valence-electron chi connectivity index (χ1n) is 4.82. The van der Waals surface area contributed by atoms with Crippen molar-refractivity contribution in [3.05, 3.63) is 28.5 Å². The maximum atomic E-state index is 13.1. The predicted octanol–water partition coefficient (Wildman–Crippen LogP) is 4.27. The van der Waals surface area contributed by atoms with Crippen molar-refractivity contribution in [3.8, 4) is 0 Å². The molecule has 2 nitrogen and oxygen atoms in total. The summed E-state index contributed by atoms with van der Waals surface area (Å²) in [6.07, 6.45) is -11.6. The third kappa shape index (κ3) is 4.09. The van der Waals surface area contributed by atoms with Crippen molar-refractivity contribution >= 4 is 27.5 Å². The molecular formula is C10H5BrF7NO. The van der Waals surface area contributed by atoms with E-state index in [0.717, 1.165) is 12.1 Å². The maximum Gasteiger partial charge on any atom is 0.409 e. The molecule has 0 radical (unpaired) electrons. The molecule has 1 N–H and O–H groups in total. The zero-order chi connectivity index (χ0) is 15.7. The second-order valence-corrected chi connectivity index (χ2v) is 4.49. The third-order valence-electron chi connectivity index (χ3n) is 2.10. The van der Waals surface area contributed by atoms with Gasteiger partial charge in [-0.2, -0.15) is 26.3 Å². The fourth-order valence-corrected chi connectivity index (χ4v) is 1.52. The van der Waals surface area contributed by atoms with Gasteiger partial charge in [-0.15, -0.1) is 0 Å². The maximum absolute atomic E-state index is 13.1. The Balaban J connectivity index is 3.00. The molecule has 0 atom stereocenters. The van der Waals surface area contributed by atoms with E-state index in [1.165, 1.54) is 5.32 Å². The molecule has 1 amide bonds. The van der Waals surface area contributed by atoms with E-state index in [9.17, 15) is 35.5 Å². The predicted molar refractivity (Wildman–Crippen MR) is 58.3 cm³/mol. The molecule has 0 aliphatic rings. The molecule has 0 aliphatic heterocycles. The van der Waals surface area contributed by atoms with Gasteiger partial charge >= 0.3 is 12.4 Å². The van der Waals surface area contributed by atoms with Gasteiger partial charge < -0.3 is 5.32 Å². The quantitative estimate of drug-likeness (QED) is 0.777. The average Bonchev–Trinajstić information content (AvgIpc) is 2.18. The van der Waals surface area contributed by atoms with E-state index in [-0.39, 0.29) is 4.47 Å².